The van der Waals surface area contributed by atoms with Gasteiger partial charge in [-0.2, -0.15) is 0 Å². The monoisotopic (exact) mass is 422 g/mol. The first-order valence-corrected chi connectivity index (χ1v) is 14.9. The lowest BCUT2D eigenvalue weighted by atomic mass is 10.1. The Kier molecular flexibility index (Phi) is 7.77. The Morgan fingerprint density at radius 3 is 1.97 bits per heavy atom. The summed E-state index contributed by atoms with van der Waals surface area (Å²) in [4.78, 5) is 2.70. The highest BCUT2D eigenvalue weighted by Gasteiger charge is 2.76. The van der Waals surface area contributed by atoms with Crippen molar-refractivity contribution in [1.82, 2.24) is 9.47 Å². The van der Waals surface area contributed by atoms with Crippen LogP contribution in [0.25, 0.3) is 0 Å². The summed E-state index contributed by atoms with van der Waals surface area (Å²) in [5.41, 5.74) is 0.560. The SMILES string of the molecule is CCO[Si]1(OC2(C)C3CCCCCCCCCN32)C2CCCCCCCCCN21. The van der Waals surface area contributed by atoms with Gasteiger partial charge in [0.1, 0.15) is 5.72 Å². The Balaban J connectivity index is 1.44. The van der Waals surface area contributed by atoms with Crippen LogP contribution in [0, 0.1) is 0 Å². The highest BCUT2D eigenvalue weighted by Crippen LogP contribution is 2.53. The molecule has 0 N–H and O–H groups in total. The quantitative estimate of drug-likeness (QED) is 0.418. The minimum absolute atomic E-state index is 0.0509. The van der Waals surface area contributed by atoms with Crippen molar-refractivity contribution in [3.05, 3.63) is 0 Å². The first-order chi connectivity index (χ1) is 14.2. The normalized spacial score (nSPS) is 44.5. The van der Waals surface area contributed by atoms with E-state index in [9.17, 15) is 0 Å². The lowest BCUT2D eigenvalue weighted by Gasteiger charge is -2.23. The van der Waals surface area contributed by atoms with E-state index in [0.29, 0.717) is 11.7 Å². The van der Waals surface area contributed by atoms with Gasteiger partial charge in [0, 0.05) is 13.2 Å². The molecule has 4 aliphatic heterocycles. The van der Waals surface area contributed by atoms with Crippen LogP contribution in [0.3, 0.4) is 0 Å². The Labute approximate surface area is 181 Å². The zero-order valence-electron chi connectivity index (χ0n) is 19.3. The van der Waals surface area contributed by atoms with E-state index in [0.717, 1.165) is 6.61 Å². The summed E-state index contributed by atoms with van der Waals surface area (Å²) >= 11 is 0. The number of fused-ring (bicyclic) bond motifs is 2. The van der Waals surface area contributed by atoms with Crippen LogP contribution in [0.2, 0.25) is 0 Å². The van der Waals surface area contributed by atoms with E-state index in [1.165, 1.54) is 116 Å². The van der Waals surface area contributed by atoms with Crippen LogP contribution in [0.1, 0.15) is 117 Å². The predicted molar refractivity (Wildman–Crippen MR) is 122 cm³/mol. The molecule has 0 saturated carbocycles. The standard InChI is InChI=1S/C24H46N2O2Si/c1-3-27-29(23-19-15-11-7-5-9-13-17-21-26(23)29)28-24(2)22-18-14-10-6-4-8-12-16-20-25(22)24/h22-23H,3-21H2,1-2H3. The lowest BCUT2D eigenvalue weighted by Crippen LogP contribution is -2.42. The van der Waals surface area contributed by atoms with Gasteiger partial charge < -0.3 is 8.85 Å². The average molecular weight is 423 g/mol. The molecule has 168 valence electrons. The van der Waals surface area contributed by atoms with Crippen molar-refractivity contribution in [2.24, 2.45) is 0 Å². The predicted octanol–water partition coefficient (Wildman–Crippen LogP) is 5.87. The first kappa shape index (κ1) is 22.3. The molecule has 0 aromatic rings. The molecule has 0 bridgehead atoms. The van der Waals surface area contributed by atoms with Crippen molar-refractivity contribution >= 4 is 8.72 Å². The molecule has 0 radical (unpaired) electrons. The second-order valence-corrected chi connectivity index (χ2v) is 13.2. The van der Waals surface area contributed by atoms with Crippen LogP contribution in [-0.2, 0) is 8.85 Å². The van der Waals surface area contributed by atoms with E-state index in [2.05, 4.69) is 23.3 Å². The molecule has 6 unspecified atom stereocenters. The van der Waals surface area contributed by atoms with E-state index in [-0.39, 0.29) is 5.72 Å². The molecule has 4 heterocycles. The van der Waals surface area contributed by atoms with E-state index >= 15 is 0 Å². The zero-order valence-corrected chi connectivity index (χ0v) is 20.3. The number of hydrogen-bond donors (Lipinski definition) is 0. The van der Waals surface area contributed by atoms with Crippen molar-refractivity contribution in [3.8, 4) is 0 Å². The second kappa shape index (κ2) is 10.1. The number of hydrogen-bond acceptors (Lipinski definition) is 4. The van der Waals surface area contributed by atoms with Gasteiger partial charge >= 0.3 is 8.72 Å². The van der Waals surface area contributed by atoms with Crippen LogP contribution in [0.4, 0.5) is 0 Å². The van der Waals surface area contributed by atoms with Crippen LogP contribution >= 0.6 is 0 Å². The third-order valence-corrected chi connectivity index (χ3v) is 12.0. The van der Waals surface area contributed by atoms with Crippen LogP contribution in [0.5, 0.6) is 0 Å². The van der Waals surface area contributed by atoms with Gasteiger partial charge in [0.15, 0.2) is 0 Å². The van der Waals surface area contributed by atoms with Gasteiger partial charge in [-0.3, -0.25) is 9.47 Å². The van der Waals surface area contributed by atoms with Crippen molar-refractivity contribution in [2.45, 2.75) is 134 Å². The third kappa shape index (κ3) is 4.95. The average Bonchev–Trinajstić information content (AvgIpc) is 3.50. The molecule has 4 nitrogen and oxygen atoms in total. The molecular weight excluding hydrogens is 376 g/mol. The fourth-order valence-electron chi connectivity index (χ4n) is 6.29. The van der Waals surface area contributed by atoms with E-state index in [1.807, 2.05) is 0 Å². The van der Waals surface area contributed by atoms with E-state index < -0.39 is 8.72 Å². The number of rotatable bonds is 4. The van der Waals surface area contributed by atoms with E-state index in [1.54, 1.807) is 0 Å². The van der Waals surface area contributed by atoms with Crippen molar-refractivity contribution in [2.75, 3.05) is 19.7 Å². The second-order valence-electron chi connectivity index (χ2n) is 10.2. The molecule has 4 rings (SSSR count). The highest BCUT2D eigenvalue weighted by molar-refractivity contribution is 6.76. The van der Waals surface area contributed by atoms with Gasteiger partial charge in [-0.15, -0.1) is 0 Å². The third-order valence-electron chi connectivity index (χ3n) is 8.08. The molecular formula is C24H46N2O2Si. The smallest absolute Gasteiger partial charge is 0.382 e. The summed E-state index contributed by atoms with van der Waals surface area (Å²) in [6.45, 7) is 7.80. The molecule has 5 heteroatoms. The minimum Gasteiger partial charge on any atom is -0.382 e. The Bertz CT molecular complexity index is 485. The molecule has 29 heavy (non-hydrogen) atoms. The van der Waals surface area contributed by atoms with Crippen molar-refractivity contribution < 1.29 is 8.85 Å². The maximum absolute atomic E-state index is 7.20. The Hall–Kier alpha value is 0.0569. The zero-order chi connectivity index (χ0) is 20.2. The van der Waals surface area contributed by atoms with Gasteiger partial charge in [-0.1, -0.05) is 77.0 Å². The maximum Gasteiger partial charge on any atom is 0.446 e. The number of nitrogens with zero attached hydrogens (tertiary/aromatic N) is 2. The summed E-state index contributed by atoms with van der Waals surface area (Å²) in [6.07, 6.45) is 22.1. The van der Waals surface area contributed by atoms with E-state index in [4.69, 9.17) is 8.85 Å². The molecule has 4 fully saturated rings. The minimum atomic E-state index is -2.21. The van der Waals surface area contributed by atoms with Gasteiger partial charge in [0.2, 0.25) is 0 Å². The van der Waals surface area contributed by atoms with Gasteiger partial charge in [-0.05, 0) is 46.1 Å². The Morgan fingerprint density at radius 2 is 1.31 bits per heavy atom. The molecule has 4 saturated heterocycles. The molecule has 0 amide bonds. The largest absolute Gasteiger partial charge is 0.446 e. The van der Waals surface area contributed by atoms with Crippen molar-refractivity contribution in [3.63, 3.8) is 0 Å². The highest BCUT2D eigenvalue weighted by atomic mass is 28.4. The fraction of sp³-hybridized carbons (Fsp3) is 1.00. The molecule has 6 atom stereocenters. The summed E-state index contributed by atoms with van der Waals surface area (Å²) in [5, 5.41) is 0. The van der Waals surface area contributed by atoms with Crippen LogP contribution < -0.4 is 0 Å². The summed E-state index contributed by atoms with van der Waals surface area (Å²) in [7, 11) is -2.21. The molecule has 0 spiro atoms. The maximum atomic E-state index is 7.20. The first-order valence-electron chi connectivity index (χ1n) is 13.1. The molecule has 0 aromatic heterocycles. The topological polar surface area (TPSA) is 24.5 Å². The van der Waals surface area contributed by atoms with Crippen LogP contribution in [-0.4, -0.2) is 55.3 Å². The summed E-state index contributed by atoms with van der Waals surface area (Å²) in [5.74, 6) is 0. The van der Waals surface area contributed by atoms with Crippen LogP contribution in [0.15, 0.2) is 0 Å². The van der Waals surface area contributed by atoms with Crippen molar-refractivity contribution in [1.29, 1.82) is 0 Å². The summed E-state index contributed by atoms with van der Waals surface area (Å²) in [6, 6.07) is 0.632. The fourth-order valence-corrected chi connectivity index (χ4v) is 10.6. The van der Waals surface area contributed by atoms with Gasteiger partial charge in [0.25, 0.3) is 0 Å². The summed E-state index contributed by atoms with van der Waals surface area (Å²) < 4.78 is 16.5. The van der Waals surface area contributed by atoms with Gasteiger partial charge in [-0.25, -0.2) is 0 Å². The lowest BCUT2D eigenvalue weighted by molar-refractivity contribution is 0.0730. The Morgan fingerprint density at radius 1 is 0.759 bits per heavy atom. The van der Waals surface area contributed by atoms with Gasteiger partial charge in [0.05, 0.1) is 11.7 Å². The molecule has 0 aromatic carbocycles. The molecule has 0 aliphatic carbocycles. The molecule has 4 aliphatic rings.